The van der Waals surface area contributed by atoms with Crippen LogP contribution >= 0.6 is 47.2 Å². The average Bonchev–Trinajstić information content (AvgIpc) is 2.90. The van der Waals surface area contributed by atoms with Crippen molar-refractivity contribution in [1.29, 1.82) is 0 Å². The third kappa shape index (κ3) is 7.48. The third-order valence-corrected chi connectivity index (χ3v) is 4.32. The molecular formula is C18H25Cl2IN4O2. The first kappa shape index (κ1) is 24.0. The van der Waals surface area contributed by atoms with E-state index in [1.54, 1.807) is 18.2 Å². The zero-order valence-electron chi connectivity index (χ0n) is 15.6. The minimum absolute atomic E-state index is 0. The Hall–Kier alpha value is -1.03. The van der Waals surface area contributed by atoms with Crippen LogP contribution in [0.1, 0.15) is 35.6 Å². The van der Waals surface area contributed by atoms with Gasteiger partial charge in [-0.1, -0.05) is 28.4 Å². The fourth-order valence-electron chi connectivity index (χ4n) is 2.56. The molecule has 0 amide bonds. The molecule has 27 heavy (non-hydrogen) atoms. The molecule has 6 nitrogen and oxygen atoms in total. The van der Waals surface area contributed by atoms with E-state index in [0.29, 0.717) is 28.1 Å². The van der Waals surface area contributed by atoms with Crippen LogP contribution in [0.4, 0.5) is 0 Å². The van der Waals surface area contributed by atoms with Crippen LogP contribution in [0.5, 0.6) is 0 Å². The molecule has 2 aromatic rings. The molecule has 0 aliphatic heterocycles. The van der Waals surface area contributed by atoms with Gasteiger partial charge in [0.2, 0.25) is 0 Å². The molecule has 0 spiro atoms. The lowest BCUT2D eigenvalue weighted by atomic mass is 10.1. The Kier molecular flexibility index (Phi) is 10.4. The van der Waals surface area contributed by atoms with Crippen LogP contribution in [0.3, 0.4) is 0 Å². The maximum Gasteiger partial charge on any atom is 0.191 e. The van der Waals surface area contributed by atoms with Crippen molar-refractivity contribution in [3.05, 3.63) is 50.8 Å². The second-order valence-corrected chi connectivity index (χ2v) is 6.79. The molecule has 0 bridgehead atoms. The highest BCUT2D eigenvalue weighted by atomic mass is 127. The van der Waals surface area contributed by atoms with Gasteiger partial charge in [-0.3, -0.25) is 4.99 Å². The summed E-state index contributed by atoms with van der Waals surface area (Å²) in [6.07, 6.45) is -0.0119. The summed E-state index contributed by atoms with van der Waals surface area (Å²) >= 11 is 12.0. The summed E-state index contributed by atoms with van der Waals surface area (Å²) < 4.78 is 5.17. The third-order valence-electron chi connectivity index (χ3n) is 3.88. The highest BCUT2D eigenvalue weighted by Crippen LogP contribution is 2.23. The van der Waals surface area contributed by atoms with E-state index in [4.69, 9.17) is 27.7 Å². The first-order valence-corrected chi connectivity index (χ1v) is 9.24. The lowest BCUT2D eigenvalue weighted by Gasteiger charge is -2.14. The van der Waals surface area contributed by atoms with Gasteiger partial charge in [0.1, 0.15) is 5.76 Å². The second-order valence-electron chi connectivity index (χ2n) is 5.92. The number of aliphatic hydroxyl groups excluding tert-OH is 1. The monoisotopic (exact) mass is 526 g/mol. The molecule has 0 aliphatic rings. The number of aryl methyl sites for hydroxylation is 2. The van der Waals surface area contributed by atoms with Crippen LogP contribution in [0, 0.1) is 13.8 Å². The van der Waals surface area contributed by atoms with E-state index in [0.717, 1.165) is 30.0 Å². The molecule has 1 aromatic carbocycles. The van der Waals surface area contributed by atoms with E-state index in [1.807, 2.05) is 20.8 Å². The molecule has 1 aromatic heterocycles. The van der Waals surface area contributed by atoms with Crippen LogP contribution in [0.25, 0.3) is 0 Å². The van der Waals surface area contributed by atoms with Crippen LogP contribution in [0.2, 0.25) is 10.0 Å². The van der Waals surface area contributed by atoms with Crippen molar-refractivity contribution in [2.24, 2.45) is 4.99 Å². The Morgan fingerprint density at radius 3 is 2.44 bits per heavy atom. The van der Waals surface area contributed by atoms with Gasteiger partial charge in [0.15, 0.2) is 5.96 Å². The van der Waals surface area contributed by atoms with Crippen LogP contribution in [-0.4, -0.2) is 35.9 Å². The number of hydrogen-bond acceptors (Lipinski definition) is 4. The fraction of sp³-hybridized carbons (Fsp3) is 0.444. The molecule has 0 saturated carbocycles. The number of guanidine groups is 1. The van der Waals surface area contributed by atoms with Crippen molar-refractivity contribution in [3.8, 4) is 0 Å². The number of halogens is 3. The van der Waals surface area contributed by atoms with Gasteiger partial charge < -0.3 is 20.3 Å². The number of nitrogens with one attached hydrogen (secondary N) is 2. The first-order valence-electron chi connectivity index (χ1n) is 8.48. The summed E-state index contributed by atoms with van der Waals surface area (Å²) in [5.41, 5.74) is 2.64. The normalized spacial score (nSPS) is 12.4. The summed E-state index contributed by atoms with van der Waals surface area (Å²) in [6, 6.07) is 5.00. The molecule has 0 aliphatic carbocycles. The van der Waals surface area contributed by atoms with E-state index < -0.39 is 6.10 Å². The summed E-state index contributed by atoms with van der Waals surface area (Å²) in [6.45, 7) is 7.40. The molecule has 1 heterocycles. The Morgan fingerprint density at radius 1 is 1.22 bits per heavy atom. The molecular weight excluding hydrogens is 502 g/mol. The number of aromatic nitrogens is 1. The smallest absolute Gasteiger partial charge is 0.191 e. The molecule has 1 unspecified atom stereocenters. The molecule has 9 heteroatoms. The Labute approximate surface area is 186 Å². The SMILES string of the molecule is CCNC(=NCC(O)c1cc(Cl)cc(Cl)c1)NCCc1c(C)noc1C.I. The average molecular weight is 527 g/mol. The summed E-state index contributed by atoms with van der Waals surface area (Å²) in [4.78, 5) is 4.43. The van der Waals surface area contributed by atoms with E-state index in [2.05, 4.69) is 20.8 Å². The van der Waals surface area contributed by atoms with Crippen molar-refractivity contribution >= 4 is 53.1 Å². The zero-order valence-corrected chi connectivity index (χ0v) is 19.4. The number of nitrogens with zero attached hydrogens (tertiary/aromatic N) is 2. The van der Waals surface area contributed by atoms with Gasteiger partial charge in [-0.25, -0.2) is 0 Å². The van der Waals surface area contributed by atoms with Gasteiger partial charge in [0, 0.05) is 28.7 Å². The van der Waals surface area contributed by atoms with Gasteiger partial charge in [0.05, 0.1) is 18.3 Å². The van der Waals surface area contributed by atoms with Crippen LogP contribution in [-0.2, 0) is 6.42 Å². The maximum absolute atomic E-state index is 10.3. The number of rotatable bonds is 7. The highest BCUT2D eigenvalue weighted by Gasteiger charge is 2.11. The van der Waals surface area contributed by atoms with E-state index in [1.165, 1.54) is 0 Å². The lowest BCUT2D eigenvalue weighted by molar-refractivity contribution is 0.187. The second kappa shape index (κ2) is 11.7. The van der Waals surface area contributed by atoms with E-state index >= 15 is 0 Å². The van der Waals surface area contributed by atoms with Crippen molar-refractivity contribution in [3.63, 3.8) is 0 Å². The van der Waals surface area contributed by atoms with Gasteiger partial charge in [-0.05, 0) is 51.0 Å². The predicted molar refractivity (Wildman–Crippen MR) is 120 cm³/mol. The Balaban J connectivity index is 0.00000364. The van der Waals surface area contributed by atoms with Gasteiger partial charge in [0.25, 0.3) is 0 Å². The van der Waals surface area contributed by atoms with Crippen molar-refractivity contribution < 1.29 is 9.63 Å². The topological polar surface area (TPSA) is 82.7 Å². The molecule has 3 N–H and O–H groups in total. The Bertz CT molecular complexity index is 728. The molecule has 1 atom stereocenters. The fourth-order valence-corrected chi connectivity index (χ4v) is 3.10. The molecule has 0 saturated heterocycles. The quantitative estimate of drug-likeness (QED) is 0.288. The lowest BCUT2D eigenvalue weighted by Crippen LogP contribution is -2.38. The van der Waals surface area contributed by atoms with E-state index in [-0.39, 0.29) is 30.5 Å². The van der Waals surface area contributed by atoms with Crippen molar-refractivity contribution in [2.45, 2.75) is 33.3 Å². The van der Waals surface area contributed by atoms with Crippen LogP contribution < -0.4 is 10.6 Å². The minimum Gasteiger partial charge on any atom is -0.386 e. The summed E-state index contributed by atoms with van der Waals surface area (Å²) in [5, 5.41) is 21.7. The standard InChI is InChI=1S/C18H24Cl2N4O2.HI/c1-4-21-18(22-6-5-16-11(2)24-26-12(16)3)23-10-17(25)13-7-14(19)9-15(20)8-13;/h7-9,17,25H,4-6,10H2,1-3H3,(H2,21,22,23);1H. The predicted octanol–water partition coefficient (Wildman–Crippen LogP) is 4.05. The van der Waals surface area contributed by atoms with Gasteiger partial charge >= 0.3 is 0 Å². The van der Waals surface area contributed by atoms with Gasteiger partial charge in [-0.2, -0.15) is 0 Å². The van der Waals surface area contributed by atoms with Crippen LogP contribution in [0.15, 0.2) is 27.7 Å². The number of aliphatic imine (C=N–C) groups is 1. The molecule has 150 valence electrons. The molecule has 0 fully saturated rings. The molecule has 2 rings (SSSR count). The maximum atomic E-state index is 10.3. The summed E-state index contributed by atoms with van der Waals surface area (Å²) in [5.74, 6) is 1.46. The number of benzene rings is 1. The van der Waals surface area contributed by atoms with Gasteiger partial charge in [-0.15, -0.1) is 24.0 Å². The van der Waals surface area contributed by atoms with Crippen molar-refractivity contribution in [1.82, 2.24) is 15.8 Å². The largest absolute Gasteiger partial charge is 0.386 e. The molecule has 0 radical (unpaired) electrons. The van der Waals surface area contributed by atoms with Crippen molar-refractivity contribution in [2.75, 3.05) is 19.6 Å². The minimum atomic E-state index is -0.788. The number of aliphatic hydroxyl groups is 1. The first-order chi connectivity index (χ1) is 12.4. The zero-order chi connectivity index (χ0) is 19.1. The van der Waals surface area contributed by atoms with E-state index in [9.17, 15) is 5.11 Å². The summed E-state index contributed by atoms with van der Waals surface area (Å²) in [7, 11) is 0. The number of hydrogen-bond donors (Lipinski definition) is 3. The Morgan fingerprint density at radius 2 is 1.89 bits per heavy atom. The highest BCUT2D eigenvalue weighted by molar-refractivity contribution is 14.0.